The van der Waals surface area contributed by atoms with E-state index in [1.165, 1.54) is 25.9 Å². The van der Waals surface area contributed by atoms with Crippen molar-refractivity contribution < 1.29 is 24.2 Å². The van der Waals surface area contributed by atoms with Gasteiger partial charge in [-0.1, -0.05) is 0 Å². The summed E-state index contributed by atoms with van der Waals surface area (Å²) in [7, 11) is 0. The van der Waals surface area contributed by atoms with Crippen LogP contribution in [0.2, 0.25) is 0 Å². The molecule has 3 aliphatic rings. The number of nitrogens with one attached hydrogen (secondary N) is 3. The summed E-state index contributed by atoms with van der Waals surface area (Å²) in [6.45, 7) is 8.47. The average Bonchev–Trinajstić information content (AvgIpc) is 3.54. The molecular weight excluding hydrogens is 484 g/mol. The number of H-pyrrole nitrogens is 2. The predicted molar refractivity (Wildman–Crippen MR) is 146 cm³/mol. The second kappa shape index (κ2) is 11.2. The molecule has 2 aromatic heterocycles. The molecule has 1 unspecified atom stereocenters. The Morgan fingerprint density at radius 1 is 0.895 bits per heavy atom. The maximum absolute atomic E-state index is 12.6. The molecule has 2 aromatic carbocycles. The van der Waals surface area contributed by atoms with Gasteiger partial charge in [-0.05, 0) is 94.2 Å². The van der Waals surface area contributed by atoms with Crippen LogP contribution in [0.4, 0.5) is 0 Å². The third kappa shape index (κ3) is 5.62. The predicted octanol–water partition coefficient (Wildman–Crippen LogP) is 4.66. The molecule has 4 N–H and O–H groups in total. The number of carboxylic acid groups (broad SMARTS) is 1. The molecule has 3 fully saturated rings. The number of aromatic nitrogens is 2. The molecule has 4 aromatic rings. The van der Waals surface area contributed by atoms with E-state index in [4.69, 9.17) is 14.6 Å². The van der Waals surface area contributed by atoms with Gasteiger partial charge < -0.3 is 34.8 Å². The van der Waals surface area contributed by atoms with Gasteiger partial charge in [-0.25, -0.2) is 4.79 Å². The minimum absolute atomic E-state index is 0.00194. The zero-order chi connectivity index (χ0) is 26.6. The quantitative estimate of drug-likeness (QED) is 0.283. The first kappa shape index (κ1) is 25.7. The first-order chi connectivity index (χ1) is 18.4. The van der Waals surface area contributed by atoms with Gasteiger partial charge in [0.1, 0.15) is 22.9 Å². The molecule has 0 saturated carbocycles. The molecular formula is C29H34N4O5. The molecule has 1 atom stereocenters. The molecule has 200 valence electrons. The fourth-order valence-corrected chi connectivity index (χ4v) is 5.35. The van der Waals surface area contributed by atoms with E-state index in [0.717, 1.165) is 39.8 Å². The summed E-state index contributed by atoms with van der Waals surface area (Å²) in [6, 6.07) is 15.1. The first-order valence-electron chi connectivity index (χ1n) is 13.2. The number of carbonyl (C=O) groups excluding carboxylic acids is 1. The number of fused-ring (bicyclic) bond motifs is 5. The molecule has 38 heavy (non-hydrogen) atoms. The van der Waals surface area contributed by atoms with Gasteiger partial charge in [-0.2, -0.15) is 0 Å². The van der Waals surface area contributed by atoms with Crippen molar-refractivity contribution in [3.05, 3.63) is 59.9 Å². The molecule has 9 nitrogen and oxygen atoms in total. The number of rotatable bonds is 7. The highest BCUT2D eigenvalue weighted by atomic mass is 16.5. The molecule has 5 heterocycles. The monoisotopic (exact) mass is 518 g/mol. The highest BCUT2D eigenvalue weighted by Gasteiger charge is 2.35. The standard InChI is InChI=1S/C18H23N3O2.C11H11NO3/c1-2-23-14-3-4-15-13(9-14)10-16(19-15)18(22)20-17-11-21-7-5-12(17)6-8-21;1-2-15-8-3-4-9-7(5-8)6-10(12-9)11(13)14/h3-4,9-10,12,17,19H,2,5-8,11H2,1H3,(H,20,22);3-6,12H,2H2,1H3,(H,13,14). The molecule has 3 aliphatic heterocycles. The fraction of sp³-hybridized carbons (Fsp3) is 0.379. The van der Waals surface area contributed by atoms with Gasteiger partial charge >= 0.3 is 5.97 Å². The summed E-state index contributed by atoms with van der Waals surface area (Å²) < 4.78 is 10.8. The zero-order valence-corrected chi connectivity index (χ0v) is 21.8. The summed E-state index contributed by atoms with van der Waals surface area (Å²) in [5, 5.41) is 13.9. The van der Waals surface area contributed by atoms with Gasteiger partial charge in [0.25, 0.3) is 5.91 Å². The highest BCUT2D eigenvalue weighted by molar-refractivity contribution is 5.98. The molecule has 9 heteroatoms. The van der Waals surface area contributed by atoms with E-state index < -0.39 is 5.97 Å². The van der Waals surface area contributed by atoms with Crippen LogP contribution >= 0.6 is 0 Å². The van der Waals surface area contributed by atoms with E-state index in [9.17, 15) is 9.59 Å². The normalized spacial score (nSPS) is 20.1. The number of aromatic amines is 2. The first-order valence-corrected chi connectivity index (χ1v) is 13.2. The van der Waals surface area contributed by atoms with E-state index in [0.29, 0.717) is 24.8 Å². The Morgan fingerprint density at radius 3 is 1.95 bits per heavy atom. The van der Waals surface area contributed by atoms with Crippen LogP contribution < -0.4 is 14.8 Å². The van der Waals surface area contributed by atoms with Crippen LogP contribution in [-0.2, 0) is 0 Å². The van der Waals surface area contributed by atoms with E-state index in [2.05, 4.69) is 20.2 Å². The number of ether oxygens (including phenoxy) is 2. The van der Waals surface area contributed by atoms with E-state index >= 15 is 0 Å². The van der Waals surface area contributed by atoms with Gasteiger partial charge in [0, 0.05) is 34.4 Å². The van der Waals surface area contributed by atoms with Gasteiger partial charge in [-0.3, -0.25) is 4.79 Å². The minimum atomic E-state index is -0.954. The number of hydrogen-bond donors (Lipinski definition) is 4. The Morgan fingerprint density at radius 2 is 1.45 bits per heavy atom. The summed E-state index contributed by atoms with van der Waals surface area (Å²) >= 11 is 0. The lowest BCUT2D eigenvalue weighted by Gasteiger charge is -2.44. The number of nitrogens with zero attached hydrogens (tertiary/aromatic N) is 1. The van der Waals surface area contributed by atoms with Gasteiger partial charge in [0.15, 0.2) is 0 Å². The van der Waals surface area contributed by atoms with Crippen molar-refractivity contribution in [2.45, 2.75) is 32.7 Å². The van der Waals surface area contributed by atoms with Gasteiger partial charge in [0.05, 0.1) is 13.2 Å². The van der Waals surface area contributed by atoms with Crippen molar-refractivity contribution in [1.29, 1.82) is 0 Å². The van der Waals surface area contributed by atoms with Gasteiger partial charge in [-0.15, -0.1) is 0 Å². The topological polar surface area (TPSA) is 120 Å². The number of piperidine rings is 3. The summed E-state index contributed by atoms with van der Waals surface area (Å²) in [6.07, 6.45) is 2.41. The Hall–Kier alpha value is -3.98. The third-order valence-corrected chi connectivity index (χ3v) is 7.25. The number of benzene rings is 2. The number of carboxylic acids is 1. The Kier molecular flexibility index (Phi) is 7.55. The molecule has 7 rings (SSSR count). The molecule has 0 aliphatic carbocycles. The second-order valence-electron chi connectivity index (χ2n) is 9.75. The van der Waals surface area contributed by atoms with Crippen molar-refractivity contribution >= 4 is 33.7 Å². The molecule has 2 bridgehead atoms. The SMILES string of the molecule is CCOc1ccc2[nH]c(C(=O)NC3CN4CCC3CC4)cc2c1.CCOc1ccc2[nH]c(C(=O)O)cc2c1. The Balaban J connectivity index is 0.000000170. The van der Waals surface area contributed by atoms with Crippen molar-refractivity contribution in [2.24, 2.45) is 5.92 Å². The Bertz CT molecular complexity index is 1430. The van der Waals surface area contributed by atoms with E-state index in [-0.39, 0.29) is 17.6 Å². The number of hydrogen-bond acceptors (Lipinski definition) is 5. The van der Waals surface area contributed by atoms with Crippen LogP contribution in [0, 0.1) is 5.92 Å². The van der Waals surface area contributed by atoms with Crippen LogP contribution in [0.5, 0.6) is 11.5 Å². The average molecular weight is 519 g/mol. The highest BCUT2D eigenvalue weighted by Crippen LogP contribution is 2.28. The van der Waals surface area contributed by atoms with Crippen LogP contribution in [-0.4, -0.2) is 70.7 Å². The lowest BCUT2D eigenvalue weighted by molar-refractivity contribution is 0.0618. The van der Waals surface area contributed by atoms with Crippen LogP contribution in [0.15, 0.2) is 48.5 Å². The van der Waals surface area contributed by atoms with Crippen molar-refractivity contribution in [3.63, 3.8) is 0 Å². The lowest BCUT2D eigenvalue weighted by Crippen LogP contribution is -2.57. The second-order valence-corrected chi connectivity index (χ2v) is 9.75. The van der Waals surface area contributed by atoms with Crippen LogP contribution in [0.3, 0.4) is 0 Å². The Labute approximate surface area is 221 Å². The van der Waals surface area contributed by atoms with Gasteiger partial charge in [0.2, 0.25) is 0 Å². The van der Waals surface area contributed by atoms with E-state index in [1.54, 1.807) is 6.07 Å². The van der Waals surface area contributed by atoms with Crippen LogP contribution in [0.25, 0.3) is 21.8 Å². The summed E-state index contributed by atoms with van der Waals surface area (Å²) in [4.78, 5) is 31.8. The largest absolute Gasteiger partial charge is 0.494 e. The maximum atomic E-state index is 12.6. The maximum Gasteiger partial charge on any atom is 0.352 e. The number of amides is 1. The summed E-state index contributed by atoms with van der Waals surface area (Å²) in [5.41, 5.74) is 2.59. The van der Waals surface area contributed by atoms with Crippen molar-refractivity contribution in [1.82, 2.24) is 20.2 Å². The summed E-state index contributed by atoms with van der Waals surface area (Å²) in [5.74, 6) is 1.27. The van der Waals surface area contributed by atoms with E-state index in [1.807, 2.05) is 56.3 Å². The van der Waals surface area contributed by atoms with Crippen molar-refractivity contribution in [3.8, 4) is 11.5 Å². The zero-order valence-electron chi connectivity index (χ0n) is 21.8. The molecule has 0 radical (unpaired) electrons. The fourth-order valence-electron chi connectivity index (χ4n) is 5.35. The molecule has 0 spiro atoms. The van der Waals surface area contributed by atoms with Crippen molar-refractivity contribution in [2.75, 3.05) is 32.8 Å². The molecule has 3 saturated heterocycles. The number of aromatic carboxylic acids is 1. The number of carbonyl (C=O) groups is 2. The third-order valence-electron chi connectivity index (χ3n) is 7.25. The smallest absolute Gasteiger partial charge is 0.352 e. The molecule has 1 amide bonds. The lowest BCUT2D eigenvalue weighted by atomic mass is 9.84. The minimum Gasteiger partial charge on any atom is -0.494 e. The van der Waals surface area contributed by atoms with Crippen LogP contribution in [0.1, 0.15) is 47.7 Å².